The molecule has 0 aromatic heterocycles. The van der Waals surface area contributed by atoms with Gasteiger partial charge in [-0.05, 0) is 67.9 Å². The normalized spacial score (nSPS) is 16.6. The summed E-state index contributed by atoms with van der Waals surface area (Å²) in [4.78, 5) is 30.6. The SMILES string of the molecule is C=CCOc1ccc(C2C(=C(O)c3ccc(OCCC)cc3C)C(=O)C(=O)N2CCN(CC)CC)cc1OC. The van der Waals surface area contributed by atoms with Crippen LogP contribution in [0.1, 0.15) is 49.9 Å². The summed E-state index contributed by atoms with van der Waals surface area (Å²) in [6.07, 6.45) is 2.51. The fourth-order valence-electron chi connectivity index (χ4n) is 4.73. The van der Waals surface area contributed by atoms with Crippen molar-refractivity contribution in [3.63, 3.8) is 0 Å². The van der Waals surface area contributed by atoms with Crippen LogP contribution >= 0.6 is 0 Å². The number of aliphatic hydroxyl groups is 1. The predicted molar refractivity (Wildman–Crippen MR) is 152 cm³/mol. The average molecular weight is 537 g/mol. The number of ketones is 1. The van der Waals surface area contributed by atoms with Gasteiger partial charge in [-0.25, -0.2) is 0 Å². The number of hydrogen-bond donors (Lipinski definition) is 1. The largest absolute Gasteiger partial charge is 0.507 e. The smallest absolute Gasteiger partial charge is 0.295 e. The van der Waals surface area contributed by atoms with Crippen LogP contribution in [0.3, 0.4) is 0 Å². The van der Waals surface area contributed by atoms with Gasteiger partial charge in [0.1, 0.15) is 18.1 Å². The molecule has 0 saturated carbocycles. The van der Waals surface area contributed by atoms with Crippen molar-refractivity contribution in [2.75, 3.05) is 46.5 Å². The molecule has 2 aromatic carbocycles. The number of likely N-dealkylation sites (N-methyl/N-ethyl adjacent to an activating group) is 1. The average Bonchev–Trinajstić information content (AvgIpc) is 3.20. The molecule has 8 heteroatoms. The summed E-state index contributed by atoms with van der Waals surface area (Å²) in [5, 5.41) is 11.5. The van der Waals surface area contributed by atoms with Crippen molar-refractivity contribution < 1.29 is 28.9 Å². The summed E-state index contributed by atoms with van der Waals surface area (Å²) >= 11 is 0. The molecule has 0 radical (unpaired) electrons. The van der Waals surface area contributed by atoms with E-state index in [9.17, 15) is 14.7 Å². The van der Waals surface area contributed by atoms with Gasteiger partial charge in [0.15, 0.2) is 11.5 Å². The highest BCUT2D eigenvalue weighted by atomic mass is 16.5. The molecule has 0 bridgehead atoms. The van der Waals surface area contributed by atoms with Gasteiger partial charge in [-0.1, -0.05) is 39.5 Å². The zero-order valence-corrected chi connectivity index (χ0v) is 23.7. The number of carbonyl (C=O) groups is 2. The first-order valence-corrected chi connectivity index (χ1v) is 13.5. The number of ether oxygens (including phenoxy) is 3. The van der Waals surface area contributed by atoms with Crippen LogP contribution in [0.25, 0.3) is 5.76 Å². The molecule has 0 spiro atoms. The second-order valence-corrected chi connectivity index (χ2v) is 9.35. The second kappa shape index (κ2) is 13.8. The van der Waals surface area contributed by atoms with Crippen LogP contribution in [0.5, 0.6) is 17.2 Å². The van der Waals surface area contributed by atoms with Crippen molar-refractivity contribution in [2.45, 2.75) is 40.2 Å². The Morgan fingerprint density at radius 1 is 1.08 bits per heavy atom. The third-order valence-corrected chi connectivity index (χ3v) is 6.88. The number of hydrogen-bond acceptors (Lipinski definition) is 7. The monoisotopic (exact) mass is 536 g/mol. The predicted octanol–water partition coefficient (Wildman–Crippen LogP) is 5.12. The molecule has 8 nitrogen and oxygen atoms in total. The summed E-state index contributed by atoms with van der Waals surface area (Å²) in [7, 11) is 1.53. The van der Waals surface area contributed by atoms with Gasteiger partial charge in [-0.2, -0.15) is 0 Å². The summed E-state index contributed by atoms with van der Waals surface area (Å²) in [6, 6.07) is 9.81. The molecule has 1 amide bonds. The van der Waals surface area contributed by atoms with Gasteiger partial charge in [-0.3, -0.25) is 9.59 Å². The first-order valence-electron chi connectivity index (χ1n) is 13.5. The number of Topliss-reactive ketones (excluding diaryl/α,β-unsaturated/α-hetero) is 1. The van der Waals surface area contributed by atoms with Crippen LogP contribution in [-0.2, 0) is 9.59 Å². The van der Waals surface area contributed by atoms with Crippen LogP contribution in [0, 0.1) is 6.92 Å². The van der Waals surface area contributed by atoms with E-state index in [0.29, 0.717) is 54.7 Å². The minimum atomic E-state index is -0.793. The Morgan fingerprint density at radius 2 is 1.82 bits per heavy atom. The number of methoxy groups -OCH3 is 1. The number of aryl methyl sites for hydroxylation is 1. The molecule has 1 heterocycles. The third-order valence-electron chi connectivity index (χ3n) is 6.88. The van der Waals surface area contributed by atoms with E-state index in [1.807, 2.05) is 19.9 Å². The molecule has 1 fully saturated rings. The van der Waals surface area contributed by atoms with Crippen LogP contribution in [0.4, 0.5) is 0 Å². The second-order valence-electron chi connectivity index (χ2n) is 9.35. The van der Waals surface area contributed by atoms with Gasteiger partial charge in [0.25, 0.3) is 11.7 Å². The lowest BCUT2D eigenvalue weighted by Crippen LogP contribution is -2.38. The van der Waals surface area contributed by atoms with Gasteiger partial charge in [0, 0.05) is 18.7 Å². The van der Waals surface area contributed by atoms with Gasteiger partial charge in [0.05, 0.1) is 25.3 Å². The molecule has 210 valence electrons. The van der Waals surface area contributed by atoms with E-state index in [1.165, 1.54) is 7.11 Å². The van der Waals surface area contributed by atoms with E-state index in [2.05, 4.69) is 25.3 Å². The third kappa shape index (κ3) is 6.63. The Labute approximate surface area is 231 Å². The topological polar surface area (TPSA) is 88.5 Å². The Balaban J connectivity index is 2.13. The number of amides is 1. The molecule has 1 unspecified atom stereocenters. The van der Waals surface area contributed by atoms with Crippen molar-refractivity contribution in [1.29, 1.82) is 0 Å². The Kier molecular flexibility index (Phi) is 10.6. The van der Waals surface area contributed by atoms with Crippen molar-refractivity contribution in [1.82, 2.24) is 9.80 Å². The maximum Gasteiger partial charge on any atom is 0.295 e. The number of likely N-dealkylation sites (tertiary alicyclic amines) is 1. The summed E-state index contributed by atoms with van der Waals surface area (Å²) < 4.78 is 17.0. The zero-order chi connectivity index (χ0) is 28.5. The lowest BCUT2D eigenvalue weighted by molar-refractivity contribution is -0.140. The lowest BCUT2D eigenvalue weighted by atomic mass is 9.93. The van der Waals surface area contributed by atoms with Crippen molar-refractivity contribution in [3.8, 4) is 17.2 Å². The first kappa shape index (κ1) is 29.8. The quantitative estimate of drug-likeness (QED) is 0.155. The number of aliphatic hydroxyl groups excluding tert-OH is 1. The fourth-order valence-corrected chi connectivity index (χ4v) is 4.73. The highest BCUT2D eigenvalue weighted by Gasteiger charge is 2.46. The van der Waals surface area contributed by atoms with E-state index >= 15 is 0 Å². The van der Waals surface area contributed by atoms with Gasteiger partial charge in [-0.15, -0.1) is 0 Å². The van der Waals surface area contributed by atoms with E-state index in [-0.39, 0.29) is 11.3 Å². The van der Waals surface area contributed by atoms with E-state index < -0.39 is 17.7 Å². The molecular formula is C31H40N2O6. The maximum atomic E-state index is 13.5. The summed E-state index contributed by atoms with van der Waals surface area (Å²) in [6.45, 7) is 15.1. The highest BCUT2D eigenvalue weighted by Crippen LogP contribution is 2.42. The summed E-state index contributed by atoms with van der Waals surface area (Å²) in [5.41, 5.74) is 1.90. The van der Waals surface area contributed by atoms with Crippen LogP contribution in [0.2, 0.25) is 0 Å². The molecule has 1 saturated heterocycles. The van der Waals surface area contributed by atoms with E-state index in [1.54, 1.807) is 41.3 Å². The van der Waals surface area contributed by atoms with Gasteiger partial charge in [0.2, 0.25) is 0 Å². The Bertz CT molecular complexity index is 1220. The minimum Gasteiger partial charge on any atom is -0.507 e. The van der Waals surface area contributed by atoms with E-state index in [4.69, 9.17) is 14.2 Å². The van der Waals surface area contributed by atoms with Crippen molar-refractivity contribution in [2.24, 2.45) is 0 Å². The number of nitrogens with zero attached hydrogens (tertiary/aromatic N) is 2. The fraction of sp³-hybridized carbons (Fsp3) is 0.419. The zero-order valence-electron chi connectivity index (χ0n) is 23.7. The number of carbonyl (C=O) groups excluding carboxylic acids is 2. The maximum absolute atomic E-state index is 13.5. The Hall–Kier alpha value is -3.78. The van der Waals surface area contributed by atoms with Gasteiger partial charge < -0.3 is 29.1 Å². The summed E-state index contributed by atoms with van der Waals surface area (Å²) in [5.74, 6) is 0.0853. The number of benzene rings is 2. The standard InChI is InChI=1S/C31H40N2O6/c1-7-17-38-23-12-13-24(21(5)19-23)29(34)27-28(22-11-14-25(39-18-8-2)26(20-22)37-6)33(31(36)30(27)35)16-15-32(9-3)10-4/h8,11-14,19-20,28,34H,2,7,9-10,15-18H2,1,3-6H3. The van der Waals surface area contributed by atoms with Crippen molar-refractivity contribution >= 4 is 17.4 Å². The van der Waals surface area contributed by atoms with Gasteiger partial charge >= 0.3 is 0 Å². The van der Waals surface area contributed by atoms with Crippen LogP contribution in [0.15, 0.2) is 54.6 Å². The van der Waals surface area contributed by atoms with Crippen molar-refractivity contribution in [3.05, 3.63) is 71.3 Å². The minimum absolute atomic E-state index is 0.0479. The molecule has 2 aromatic rings. The molecule has 3 rings (SSSR count). The molecule has 0 aliphatic carbocycles. The lowest BCUT2D eigenvalue weighted by Gasteiger charge is -2.28. The Morgan fingerprint density at radius 3 is 2.44 bits per heavy atom. The van der Waals surface area contributed by atoms with E-state index in [0.717, 1.165) is 25.1 Å². The molecular weight excluding hydrogens is 496 g/mol. The molecule has 1 aliphatic rings. The molecule has 1 aliphatic heterocycles. The molecule has 1 atom stereocenters. The van der Waals surface area contributed by atoms with Crippen LogP contribution < -0.4 is 14.2 Å². The first-order chi connectivity index (χ1) is 18.8. The highest BCUT2D eigenvalue weighted by molar-refractivity contribution is 6.46. The van der Waals surface area contributed by atoms with Crippen LogP contribution in [-0.4, -0.2) is 73.1 Å². The molecule has 1 N–H and O–H groups in total. The number of rotatable bonds is 14. The molecule has 39 heavy (non-hydrogen) atoms.